The van der Waals surface area contributed by atoms with Gasteiger partial charge in [-0.15, -0.1) is 0 Å². The average Bonchev–Trinajstić information content (AvgIpc) is 2.64. The second-order valence-electron chi connectivity index (χ2n) is 5.15. The third-order valence-electron chi connectivity index (χ3n) is 2.85. The van der Waals surface area contributed by atoms with Crippen molar-refractivity contribution in [1.82, 2.24) is 15.0 Å². The molecule has 1 aliphatic rings. The largest absolute Gasteiger partial charge is 0.373 e. The van der Waals surface area contributed by atoms with E-state index >= 15 is 0 Å². The lowest BCUT2D eigenvalue weighted by Crippen LogP contribution is -2.44. The third-order valence-corrected chi connectivity index (χ3v) is 2.85. The normalized spacial score (nSPS) is 26.6. The lowest BCUT2D eigenvalue weighted by molar-refractivity contribution is -0.0725. The summed E-state index contributed by atoms with van der Waals surface area (Å²) in [6, 6.07) is 0. The van der Waals surface area contributed by atoms with Gasteiger partial charge in [-0.25, -0.2) is 0 Å². The summed E-state index contributed by atoms with van der Waals surface area (Å²) in [4.78, 5) is 6.70. The highest BCUT2D eigenvalue weighted by Gasteiger charge is 2.23. The van der Waals surface area contributed by atoms with Crippen molar-refractivity contribution in [3.63, 3.8) is 0 Å². The van der Waals surface area contributed by atoms with Crippen LogP contribution in [0.25, 0.3) is 0 Å². The second-order valence-corrected chi connectivity index (χ2v) is 5.15. The molecule has 0 unspecified atom stereocenters. The number of morpholine rings is 1. The van der Waals surface area contributed by atoms with E-state index in [1.54, 1.807) is 0 Å². The number of aromatic nitrogens is 2. The third kappa shape index (κ3) is 3.26. The monoisotopic (exact) mass is 239 g/mol. The van der Waals surface area contributed by atoms with Crippen molar-refractivity contribution < 1.29 is 9.26 Å². The molecule has 0 amide bonds. The van der Waals surface area contributed by atoms with Crippen LogP contribution in [0.4, 0.5) is 0 Å². The fourth-order valence-corrected chi connectivity index (χ4v) is 2.17. The summed E-state index contributed by atoms with van der Waals surface area (Å²) in [5.41, 5.74) is 0. The fraction of sp³-hybridized carbons (Fsp3) is 0.833. The van der Waals surface area contributed by atoms with Gasteiger partial charge in [-0.2, -0.15) is 4.98 Å². The number of rotatable bonds is 3. The molecule has 0 aromatic carbocycles. The zero-order valence-corrected chi connectivity index (χ0v) is 11.0. The standard InChI is InChI=1S/C12H21N3O2/c1-8(2)12-13-11(17-14-12)7-15-5-9(3)16-10(4)6-15/h8-10H,5-7H2,1-4H3/t9-,10+. The average molecular weight is 239 g/mol. The van der Waals surface area contributed by atoms with Gasteiger partial charge in [-0.3, -0.25) is 4.90 Å². The highest BCUT2D eigenvalue weighted by atomic mass is 16.5. The Bertz CT molecular complexity index is 354. The van der Waals surface area contributed by atoms with Crippen LogP contribution in [0.2, 0.25) is 0 Å². The van der Waals surface area contributed by atoms with Crippen molar-refractivity contribution in [1.29, 1.82) is 0 Å². The van der Waals surface area contributed by atoms with E-state index in [1.165, 1.54) is 0 Å². The molecule has 0 aliphatic carbocycles. The Morgan fingerprint density at radius 2 is 1.94 bits per heavy atom. The maximum Gasteiger partial charge on any atom is 0.240 e. The molecule has 2 rings (SSSR count). The van der Waals surface area contributed by atoms with Crippen LogP contribution in [0.15, 0.2) is 4.52 Å². The SMILES string of the molecule is CC(C)c1noc(CN2C[C@@H](C)O[C@@H](C)C2)n1. The van der Waals surface area contributed by atoms with Crippen molar-refractivity contribution >= 4 is 0 Å². The Labute approximate surface area is 102 Å². The molecule has 96 valence electrons. The van der Waals surface area contributed by atoms with Gasteiger partial charge in [-0.05, 0) is 13.8 Å². The van der Waals surface area contributed by atoms with Gasteiger partial charge in [0.1, 0.15) is 0 Å². The Balaban J connectivity index is 1.95. The quantitative estimate of drug-likeness (QED) is 0.805. The molecule has 5 heteroatoms. The molecular formula is C12H21N3O2. The summed E-state index contributed by atoms with van der Waals surface area (Å²) in [6.07, 6.45) is 0.539. The molecule has 5 nitrogen and oxygen atoms in total. The molecule has 0 saturated carbocycles. The second kappa shape index (κ2) is 5.14. The van der Waals surface area contributed by atoms with E-state index in [-0.39, 0.29) is 12.2 Å². The molecule has 1 aromatic rings. The number of nitrogens with zero attached hydrogens (tertiary/aromatic N) is 3. The smallest absolute Gasteiger partial charge is 0.240 e. The Kier molecular flexibility index (Phi) is 3.79. The first-order valence-electron chi connectivity index (χ1n) is 6.25. The molecule has 2 heterocycles. The molecule has 17 heavy (non-hydrogen) atoms. The van der Waals surface area contributed by atoms with Crippen molar-refractivity contribution in [2.75, 3.05) is 13.1 Å². The predicted octanol–water partition coefficient (Wildman–Crippen LogP) is 1.80. The Hall–Kier alpha value is -0.940. The van der Waals surface area contributed by atoms with Crippen molar-refractivity contribution in [3.8, 4) is 0 Å². The maximum absolute atomic E-state index is 5.69. The van der Waals surface area contributed by atoms with Gasteiger partial charge in [0.15, 0.2) is 5.82 Å². The summed E-state index contributed by atoms with van der Waals surface area (Å²) in [5.74, 6) is 1.80. The lowest BCUT2D eigenvalue weighted by atomic mass is 10.2. The molecule has 2 atom stereocenters. The van der Waals surface area contributed by atoms with E-state index < -0.39 is 0 Å². The lowest BCUT2D eigenvalue weighted by Gasteiger charge is -2.34. The van der Waals surface area contributed by atoms with Crippen LogP contribution in [0, 0.1) is 0 Å². The van der Waals surface area contributed by atoms with Crippen molar-refractivity contribution in [3.05, 3.63) is 11.7 Å². The summed E-state index contributed by atoms with van der Waals surface area (Å²) >= 11 is 0. The number of hydrogen-bond acceptors (Lipinski definition) is 5. The van der Waals surface area contributed by atoms with Crippen LogP contribution in [-0.2, 0) is 11.3 Å². The van der Waals surface area contributed by atoms with Gasteiger partial charge in [0, 0.05) is 19.0 Å². The van der Waals surface area contributed by atoms with Crippen LogP contribution >= 0.6 is 0 Å². The van der Waals surface area contributed by atoms with Crippen LogP contribution in [0.3, 0.4) is 0 Å². The first-order chi connectivity index (χ1) is 8.04. The highest BCUT2D eigenvalue weighted by Crippen LogP contribution is 2.15. The topological polar surface area (TPSA) is 51.4 Å². The predicted molar refractivity (Wildman–Crippen MR) is 63.7 cm³/mol. The Morgan fingerprint density at radius 3 is 2.47 bits per heavy atom. The van der Waals surface area contributed by atoms with Crippen molar-refractivity contribution in [2.24, 2.45) is 0 Å². The summed E-state index contributed by atoms with van der Waals surface area (Å²) in [7, 11) is 0. The van der Waals surface area contributed by atoms with Gasteiger partial charge >= 0.3 is 0 Å². The van der Waals surface area contributed by atoms with E-state index in [9.17, 15) is 0 Å². The van der Waals surface area contributed by atoms with Gasteiger partial charge < -0.3 is 9.26 Å². The molecule has 0 spiro atoms. The van der Waals surface area contributed by atoms with E-state index in [4.69, 9.17) is 9.26 Å². The minimum atomic E-state index is 0.270. The van der Waals surface area contributed by atoms with Gasteiger partial charge in [0.25, 0.3) is 0 Å². The molecule has 1 saturated heterocycles. The van der Waals surface area contributed by atoms with Crippen LogP contribution < -0.4 is 0 Å². The minimum absolute atomic E-state index is 0.270. The molecule has 0 N–H and O–H groups in total. The van der Waals surface area contributed by atoms with Crippen molar-refractivity contribution in [2.45, 2.75) is 52.4 Å². The maximum atomic E-state index is 5.69. The zero-order valence-electron chi connectivity index (χ0n) is 11.0. The molecule has 1 aromatic heterocycles. The molecule has 1 aliphatic heterocycles. The van der Waals surface area contributed by atoms with E-state index in [2.05, 4.69) is 42.7 Å². The number of ether oxygens (including phenoxy) is 1. The molecular weight excluding hydrogens is 218 g/mol. The summed E-state index contributed by atoms with van der Waals surface area (Å²) in [5, 5.41) is 3.98. The summed E-state index contributed by atoms with van der Waals surface area (Å²) < 4.78 is 10.9. The van der Waals surface area contributed by atoms with Crippen LogP contribution in [0.5, 0.6) is 0 Å². The van der Waals surface area contributed by atoms with E-state index in [0.717, 1.165) is 25.5 Å². The van der Waals surface area contributed by atoms with E-state index in [1.807, 2.05) is 0 Å². The molecule has 1 fully saturated rings. The molecule has 0 bridgehead atoms. The first kappa shape index (κ1) is 12.5. The minimum Gasteiger partial charge on any atom is -0.373 e. The van der Waals surface area contributed by atoms with Crippen LogP contribution in [-0.4, -0.2) is 40.3 Å². The van der Waals surface area contributed by atoms with Gasteiger partial charge in [0.2, 0.25) is 5.89 Å². The highest BCUT2D eigenvalue weighted by molar-refractivity contribution is 4.92. The van der Waals surface area contributed by atoms with Gasteiger partial charge in [-0.1, -0.05) is 19.0 Å². The Morgan fingerprint density at radius 1 is 1.29 bits per heavy atom. The zero-order chi connectivity index (χ0) is 12.4. The molecule has 0 radical (unpaired) electrons. The number of hydrogen-bond donors (Lipinski definition) is 0. The first-order valence-corrected chi connectivity index (χ1v) is 6.25. The van der Waals surface area contributed by atoms with E-state index in [0.29, 0.717) is 11.8 Å². The van der Waals surface area contributed by atoms with Crippen LogP contribution in [0.1, 0.15) is 45.3 Å². The summed E-state index contributed by atoms with van der Waals surface area (Å²) in [6.45, 7) is 10.9. The fourth-order valence-electron chi connectivity index (χ4n) is 2.17. The van der Waals surface area contributed by atoms with Gasteiger partial charge in [0.05, 0.1) is 18.8 Å².